The molecule has 0 unspecified atom stereocenters. The number of aryl methyl sites for hydroxylation is 2. The molecule has 1 saturated heterocycles. The molecular formula is C12H18N2O3. The number of hydrogen-bond donors (Lipinski definition) is 0. The third kappa shape index (κ3) is 3.14. The van der Waals surface area contributed by atoms with Crippen molar-refractivity contribution in [2.75, 3.05) is 13.2 Å². The van der Waals surface area contributed by atoms with E-state index >= 15 is 0 Å². The van der Waals surface area contributed by atoms with Crippen molar-refractivity contribution in [1.82, 2.24) is 9.55 Å². The maximum Gasteiger partial charge on any atom is 0.253 e. The van der Waals surface area contributed by atoms with E-state index in [-0.39, 0.29) is 11.8 Å². The average Bonchev–Trinajstić information content (AvgIpc) is 2.29. The summed E-state index contributed by atoms with van der Waals surface area (Å²) in [7, 11) is 0. The minimum atomic E-state index is -0.184. The summed E-state index contributed by atoms with van der Waals surface area (Å²) in [6, 6.07) is 1.55. The summed E-state index contributed by atoms with van der Waals surface area (Å²) >= 11 is 0. The smallest absolute Gasteiger partial charge is 0.253 e. The molecule has 1 aromatic heterocycles. The lowest BCUT2D eigenvalue weighted by atomic mass is 10.3. The maximum atomic E-state index is 11.8. The molecule has 0 atom stereocenters. The summed E-state index contributed by atoms with van der Waals surface area (Å²) in [5.41, 5.74) is 0.750. The molecule has 94 valence electrons. The molecular weight excluding hydrogens is 220 g/mol. The van der Waals surface area contributed by atoms with Crippen LogP contribution in [0.1, 0.15) is 24.4 Å². The van der Waals surface area contributed by atoms with Crippen LogP contribution in [0.5, 0.6) is 0 Å². The van der Waals surface area contributed by atoms with Gasteiger partial charge in [-0.2, -0.15) is 0 Å². The Morgan fingerprint density at radius 3 is 2.76 bits per heavy atom. The van der Waals surface area contributed by atoms with E-state index in [0.717, 1.165) is 31.2 Å². The summed E-state index contributed by atoms with van der Waals surface area (Å²) in [6.07, 6.45) is 1.45. The molecule has 0 spiro atoms. The molecule has 0 saturated carbocycles. The lowest BCUT2D eigenvalue weighted by Crippen LogP contribution is -2.29. The second-order valence-corrected chi connectivity index (χ2v) is 4.25. The zero-order valence-electron chi connectivity index (χ0n) is 10.3. The second kappa shape index (κ2) is 5.42. The highest BCUT2D eigenvalue weighted by atomic mass is 16.7. The van der Waals surface area contributed by atoms with Crippen molar-refractivity contribution < 1.29 is 9.47 Å². The Balaban J connectivity index is 2.01. The summed E-state index contributed by atoms with van der Waals surface area (Å²) < 4.78 is 12.6. The molecule has 1 aliphatic heterocycles. The summed E-state index contributed by atoms with van der Waals surface area (Å²) in [5, 5.41) is 0. The van der Waals surface area contributed by atoms with Crippen molar-refractivity contribution in [3.8, 4) is 0 Å². The highest BCUT2D eigenvalue weighted by Gasteiger charge is 2.14. The van der Waals surface area contributed by atoms with Crippen LogP contribution < -0.4 is 5.56 Å². The molecule has 17 heavy (non-hydrogen) atoms. The quantitative estimate of drug-likeness (QED) is 0.788. The van der Waals surface area contributed by atoms with E-state index in [1.807, 2.05) is 13.8 Å². The SMILES string of the molecule is Cc1cc(=O)n(CCC2OCCCO2)c(C)n1. The second-order valence-electron chi connectivity index (χ2n) is 4.25. The van der Waals surface area contributed by atoms with E-state index in [9.17, 15) is 4.79 Å². The highest BCUT2D eigenvalue weighted by molar-refractivity contribution is 5.01. The van der Waals surface area contributed by atoms with E-state index in [1.54, 1.807) is 10.6 Å². The van der Waals surface area contributed by atoms with Crippen LogP contribution >= 0.6 is 0 Å². The van der Waals surface area contributed by atoms with Gasteiger partial charge in [0, 0.05) is 24.7 Å². The minimum absolute atomic E-state index is 0.00851. The third-order valence-electron chi connectivity index (χ3n) is 2.81. The zero-order chi connectivity index (χ0) is 12.3. The van der Waals surface area contributed by atoms with Gasteiger partial charge in [0.25, 0.3) is 5.56 Å². The van der Waals surface area contributed by atoms with Crippen molar-refractivity contribution in [2.45, 2.75) is 39.5 Å². The van der Waals surface area contributed by atoms with Gasteiger partial charge in [0.05, 0.1) is 13.2 Å². The van der Waals surface area contributed by atoms with Crippen LogP contribution in [0.4, 0.5) is 0 Å². The van der Waals surface area contributed by atoms with Crippen LogP contribution in [0.15, 0.2) is 10.9 Å². The Bertz CT molecular complexity index is 436. The van der Waals surface area contributed by atoms with Gasteiger partial charge in [-0.15, -0.1) is 0 Å². The Kier molecular flexibility index (Phi) is 3.91. The third-order valence-corrected chi connectivity index (χ3v) is 2.81. The number of hydrogen-bond acceptors (Lipinski definition) is 4. The molecule has 0 radical (unpaired) electrons. The Labute approximate surface area is 100 Å². The first-order valence-electron chi connectivity index (χ1n) is 5.95. The number of aromatic nitrogens is 2. The Morgan fingerprint density at radius 1 is 1.41 bits per heavy atom. The molecule has 2 heterocycles. The highest BCUT2D eigenvalue weighted by Crippen LogP contribution is 2.09. The number of rotatable bonds is 3. The van der Waals surface area contributed by atoms with Gasteiger partial charge in [-0.1, -0.05) is 0 Å². The van der Waals surface area contributed by atoms with Gasteiger partial charge in [0.15, 0.2) is 6.29 Å². The zero-order valence-corrected chi connectivity index (χ0v) is 10.3. The van der Waals surface area contributed by atoms with Gasteiger partial charge in [-0.25, -0.2) is 4.98 Å². The fourth-order valence-electron chi connectivity index (χ4n) is 1.97. The van der Waals surface area contributed by atoms with Crippen LogP contribution in [0.3, 0.4) is 0 Å². The normalized spacial score (nSPS) is 17.3. The van der Waals surface area contributed by atoms with Crippen molar-refractivity contribution in [1.29, 1.82) is 0 Å². The molecule has 0 aliphatic carbocycles. The largest absolute Gasteiger partial charge is 0.353 e. The maximum absolute atomic E-state index is 11.8. The first-order chi connectivity index (χ1) is 8.16. The lowest BCUT2D eigenvalue weighted by molar-refractivity contribution is -0.182. The Morgan fingerprint density at radius 2 is 2.12 bits per heavy atom. The first kappa shape index (κ1) is 12.3. The first-order valence-corrected chi connectivity index (χ1v) is 5.95. The summed E-state index contributed by atoms with van der Waals surface area (Å²) in [4.78, 5) is 16.1. The molecule has 1 aliphatic rings. The van der Waals surface area contributed by atoms with E-state index in [0.29, 0.717) is 13.0 Å². The fourth-order valence-corrected chi connectivity index (χ4v) is 1.97. The summed E-state index contributed by atoms with van der Waals surface area (Å²) in [6.45, 7) is 5.74. The van der Waals surface area contributed by atoms with Gasteiger partial charge in [-0.3, -0.25) is 9.36 Å². The van der Waals surface area contributed by atoms with Gasteiger partial charge in [-0.05, 0) is 20.3 Å². The molecule has 0 amide bonds. The van der Waals surface area contributed by atoms with Crippen molar-refractivity contribution in [3.05, 3.63) is 27.9 Å². The van der Waals surface area contributed by atoms with Crippen molar-refractivity contribution in [2.24, 2.45) is 0 Å². The standard InChI is InChI=1S/C12H18N2O3/c1-9-8-11(15)14(10(2)13-9)5-4-12-16-6-3-7-17-12/h8,12H,3-7H2,1-2H3. The molecule has 5 nitrogen and oxygen atoms in total. The van der Waals surface area contributed by atoms with E-state index in [2.05, 4.69) is 4.98 Å². The average molecular weight is 238 g/mol. The van der Waals surface area contributed by atoms with E-state index < -0.39 is 0 Å². The van der Waals surface area contributed by atoms with Crippen LogP contribution in [-0.2, 0) is 16.0 Å². The number of nitrogens with zero attached hydrogens (tertiary/aromatic N) is 2. The van der Waals surface area contributed by atoms with Crippen LogP contribution in [-0.4, -0.2) is 29.1 Å². The van der Waals surface area contributed by atoms with Gasteiger partial charge >= 0.3 is 0 Å². The fraction of sp³-hybridized carbons (Fsp3) is 0.667. The van der Waals surface area contributed by atoms with Gasteiger partial charge in [0.2, 0.25) is 0 Å². The molecule has 2 rings (SSSR count). The van der Waals surface area contributed by atoms with E-state index in [4.69, 9.17) is 9.47 Å². The van der Waals surface area contributed by atoms with Crippen LogP contribution in [0.2, 0.25) is 0 Å². The van der Waals surface area contributed by atoms with Gasteiger partial charge in [0.1, 0.15) is 5.82 Å². The van der Waals surface area contributed by atoms with Crippen LogP contribution in [0.25, 0.3) is 0 Å². The molecule has 5 heteroatoms. The topological polar surface area (TPSA) is 53.4 Å². The molecule has 0 N–H and O–H groups in total. The monoisotopic (exact) mass is 238 g/mol. The predicted molar refractivity (Wildman–Crippen MR) is 62.9 cm³/mol. The summed E-state index contributed by atoms with van der Waals surface area (Å²) in [5.74, 6) is 0.741. The molecule has 0 bridgehead atoms. The van der Waals surface area contributed by atoms with Crippen molar-refractivity contribution >= 4 is 0 Å². The van der Waals surface area contributed by atoms with Gasteiger partial charge < -0.3 is 9.47 Å². The van der Waals surface area contributed by atoms with E-state index in [1.165, 1.54) is 0 Å². The minimum Gasteiger partial charge on any atom is -0.353 e. The Hall–Kier alpha value is -1.20. The molecule has 0 aromatic carbocycles. The van der Waals surface area contributed by atoms with Crippen LogP contribution in [0, 0.1) is 13.8 Å². The molecule has 1 fully saturated rings. The molecule has 1 aromatic rings. The lowest BCUT2D eigenvalue weighted by Gasteiger charge is -2.23. The number of ether oxygens (including phenoxy) is 2. The predicted octanol–water partition coefficient (Wildman–Crippen LogP) is 1.01. The van der Waals surface area contributed by atoms with Crippen molar-refractivity contribution in [3.63, 3.8) is 0 Å².